The van der Waals surface area contributed by atoms with Crippen molar-refractivity contribution in [3.8, 4) is 28.6 Å². The zero-order chi connectivity index (χ0) is 46.2. The van der Waals surface area contributed by atoms with Crippen LogP contribution in [0.4, 0.5) is 13.2 Å². The average molecular weight is 904 g/mol. The molecule has 2 amide bonds. The number of piperidine rings is 1. The molecule has 0 bridgehead atoms. The number of aliphatic hydroxyl groups excluding tert-OH is 1. The number of rotatable bonds is 12. The highest BCUT2D eigenvalue weighted by atomic mass is 32.2. The summed E-state index contributed by atoms with van der Waals surface area (Å²) in [5, 5.41) is 31.7. The third kappa shape index (κ3) is 12.2. The van der Waals surface area contributed by atoms with Gasteiger partial charge >= 0.3 is 11.9 Å². The summed E-state index contributed by atoms with van der Waals surface area (Å²) in [5.41, 5.74) is 0.0844. The number of phenolic OH excluding ortho intramolecular Hbond substituents is 1. The molecule has 1 saturated carbocycles. The van der Waals surface area contributed by atoms with Gasteiger partial charge in [-0.1, -0.05) is 66.9 Å². The van der Waals surface area contributed by atoms with Crippen molar-refractivity contribution in [2.45, 2.75) is 94.6 Å². The Morgan fingerprint density at radius 3 is 2.34 bits per heavy atom. The number of aromatic hydroxyl groups is 1. The molecule has 0 unspecified atom stereocenters. The zero-order valence-electron chi connectivity index (χ0n) is 36.6. The van der Waals surface area contributed by atoms with Crippen LogP contribution >= 0.6 is 11.8 Å². The van der Waals surface area contributed by atoms with Crippen LogP contribution in [-0.4, -0.2) is 86.3 Å². The molecule has 2 fully saturated rings. The maximum absolute atomic E-state index is 13.5. The number of amides is 2. The molecule has 0 spiro atoms. The number of aromatic nitrogens is 2. The number of carbonyl (C=O) groups is 2. The fourth-order valence-electron chi connectivity index (χ4n) is 8.36. The van der Waals surface area contributed by atoms with Gasteiger partial charge in [-0.25, -0.2) is 9.36 Å². The fraction of sp³-hybridized carbons (Fsp3) is 0.417. The third-order valence-electron chi connectivity index (χ3n) is 11.6. The lowest BCUT2D eigenvalue weighted by Gasteiger charge is -2.47. The first-order valence-corrected chi connectivity index (χ1v) is 22.3. The molecule has 4 aromatic carbocycles. The first-order valence-electron chi connectivity index (χ1n) is 21.3. The van der Waals surface area contributed by atoms with E-state index in [-0.39, 0.29) is 40.7 Å². The van der Waals surface area contributed by atoms with Crippen molar-refractivity contribution >= 4 is 23.6 Å². The smallest absolute Gasteiger partial charge is 0.446 e. The summed E-state index contributed by atoms with van der Waals surface area (Å²) in [6, 6.07) is 25.0. The Hall–Kier alpha value is -5.58. The third-order valence-corrected chi connectivity index (χ3v) is 12.7. The number of ether oxygens (including phenoxy) is 1. The van der Waals surface area contributed by atoms with Crippen LogP contribution in [0.3, 0.4) is 0 Å². The number of nitrogens with one attached hydrogen (secondary N) is 2. The van der Waals surface area contributed by atoms with Gasteiger partial charge in [0, 0.05) is 40.4 Å². The summed E-state index contributed by atoms with van der Waals surface area (Å²) in [7, 11) is 1.44. The van der Waals surface area contributed by atoms with Crippen LogP contribution in [0.5, 0.6) is 11.5 Å². The van der Waals surface area contributed by atoms with Gasteiger partial charge in [-0.05, 0) is 107 Å². The highest BCUT2D eigenvalue weighted by Crippen LogP contribution is 2.39. The molecule has 64 heavy (non-hydrogen) atoms. The second kappa shape index (κ2) is 20.9. The molecule has 0 radical (unpaired) electrons. The monoisotopic (exact) mass is 903 g/mol. The summed E-state index contributed by atoms with van der Waals surface area (Å²) in [5.74, 6) is 0.840. The van der Waals surface area contributed by atoms with Gasteiger partial charge in [0.05, 0.1) is 42.1 Å². The van der Waals surface area contributed by atoms with Crippen molar-refractivity contribution in [1.29, 1.82) is 0 Å². The molecule has 5 atom stereocenters. The maximum Gasteiger partial charge on any atom is 0.446 e. The van der Waals surface area contributed by atoms with Gasteiger partial charge in [0.2, 0.25) is 5.91 Å². The Morgan fingerprint density at radius 2 is 1.64 bits per heavy atom. The van der Waals surface area contributed by atoms with Crippen LogP contribution in [0.1, 0.15) is 74.4 Å². The van der Waals surface area contributed by atoms with Gasteiger partial charge in [0.15, 0.2) is 5.82 Å². The second-order valence-corrected chi connectivity index (χ2v) is 18.4. The van der Waals surface area contributed by atoms with E-state index in [1.165, 1.54) is 32.1 Å². The lowest BCUT2D eigenvalue weighted by molar-refractivity contribution is -0.137. The highest BCUT2D eigenvalue weighted by Gasteiger charge is 2.42. The summed E-state index contributed by atoms with van der Waals surface area (Å²) >= 11 is 1.57. The molecular formula is C48H56F3N5O7S. The highest BCUT2D eigenvalue weighted by molar-refractivity contribution is 7.99. The van der Waals surface area contributed by atoms with Gasteiger partial charge in [-0.3, -0.25) is 19.0 Å². The van der Waals surface area contributed by atoms with E-state index in [9.17, 15) is 37.8 Å². The fourth-order valence-corrected chi connectivity index (χ4v) is 9.39. The van der Waals surface area contributed by atoms with E-state index in [0.717, 1.165) is 47.4 Å². The molecule has 1 aliphatic heterocycles. The number of methoxy groups -OCH3 is 1. The minimum atomic E-state index is -4.53. The number of para-hydroxylation sites is 1. The molecular weight excluding hydrogens is 848 g/mol. The number of hydrogen-bond donors (Lipinski definition) is 4. The van der Waals surface area contributed by atoms with E-state index in [0.29, 0.717) is 46.6 Å². The standard InChI is InChI=1S/C32H45N3O4S.C16H11F3N2O3/c1-21-25(15-10-16-28(21)36)30(38)33-26(20-40-24-13-6-5-7-14-24)29(37)19-35-18-23-12-9-8-11-22(23)17-27(35)31(39)34-32(2,3)4;1-23-13-8-3-2-7-12(13)14-20-24-15(22)21(14)11-6-4-5-10(9-11)16(17,18)19/h5-7,10,13-16,22-23,26-27,29,36-37H,8-9,11-12,17-20H2,1-4H3,(H,33,38)(H,34,39);2-9H,1H3/t22-,23+,26-,27-,29+;/m0./s1. The SMILES string of the molecule is COc1ccccc1-c1noc(=O)n1-c1cccc(C(F)(F)F)c1.Cc1c(O)cccc1C(=O)N[C@@H](CSc1ccccc1)[C@H](O)CN1C[C@H]2CCCC[C@H]2C[C@H]1C(=O)NC(C)(C)C. The zero-order valence-corrected chi connectivity index (χ0v) is 37.4. The summed E-state index contributed by atoms with van der Waals surface area (Å²) in [4.78, 5) is 42.0. The number of likely N-dealkylation sites (tertiary alicyclic amines) is 1. The Kier molecular flexibility index (Phi) is 15.7. The quantitative estimate of drug-likeness (QED) is 0.0899. The number of carbonyl (C=O) groups excluding carboxylic acids is 2. The largest absolute Gasteiger partial charge is 0.508 e. The van der Waals surface area contributed by atoms with Crippen molar-refractivity contribution in [1.82, 2.24) is 25.3 Å². The average Bonchev–Trinajstić information content (AvgIpc) is 3.66. The number of alkyl halides is 3. The molecule has 1 saturated heterocycles. The Bertz CT molecular complexity index is 2420. The Labute approximate surface area is 375 Å². The molecule has 16 heteroatoms. The van der Waals surface area contributed by atoms with Crippen LogP contribution in [0.2, 0.25) is 0 Å². The molecule has 2 aliphatic rings. The Balaban J connectivity index is 0.000000241. The number of phenols is 1. The van der Waals surface area contributed by atoms with Gasteiger partial charge in [-0.2, -0.15) is 13.2 Å². The van der Waals surface area contributed by atoms with E-state index in [2.05, 4.69) is 25.2 Å². The van der Waals surface area contributed by atoms with Crippen LogP contribution < -0.4 is 21.1 Å². The van der Waals surface area contributed by atoms with Crippen molar-refractivity contribution < 1.29 is 42.2 Å². The van der Waals surface area contributed by atoms with Crippen LogP contribution in [0, 0.1) is 18.8 Å². The molecule has 12 nitrogen and oxygen atoms in total. The Morgan fingerprint density at radius 1 is 0.953 bits per heavy atom. The predicted octanol–water partition coefficient (Wildman–Crippen LogP) is 8.27. The van der Waals surface area contributed by atoms with Crippen LogP contribution in [0.25, 0.3) is 17.1 Å². The number of hydrogen-bond acceptors (Lipinski definition) is 10. The van der Waals surface area contributed by atoms with Crippen LogP contribution in [-0.2, 0) is 11.0 Å². The van der Waals surface area contributed by atoms with E-state index in [4.69, 9.17) is 4.74 Å². The molecule has 1 aromatic heterocycles. The maximum atomic E-state index is 13.5. The molecule has 342 valence electrons. The lowest BCUT2D eigenvalue weighted by Crippen LogP contribution is -2.60. The van der Waals surface area contributed by atoms with Crippen molar-refractivity contribution in [2.75, 3.05) is 26.0 Å². The number of halogens is 3. The minimum absolute atomic E-state index is 0.00280. The predicted molar refractivity (Wildman–Crippen MR) is 240 cm³/mol. The number of fused-ring (bicyclic) bond motifs is 1. The number of thioether (sulfide) groups is 1. The first-order chi connectivity index (χ1) is 30.4. The summed E-state index contributed by atoms with van der Waals surface area (Å²) < 4.78 is 49.5. The van der Waals surface area contributed by atoms with Gasteiger partial charge in [0.1, 0.15) is 11.5 Å². The summed E-state index contributed by atoms with van der Waals surface area (Å²) in [6.45, 7) is 8.76. The molecule has 2 heterocycles. The van der Waals surface area contributed by atoms with Gasteiger partial charge < -0.3 is 25.6 Å². The van der Waals surface area contributed by atoms with Crippen molar-refractivity contribution in [2.24, 2.45) is 11.8 Å². The van der Waals surface area contributed by atoms with E-state index < -0.39 is 29.6 Å². The van der Waals surface area contributed by atoms with Crippen molar-refractivity contribution in [3.05, 3.63) is 124 Å². The normalized spacial score (nSPS) is 18.7. The summed E-state index contributed by atoms with van der Waals surface area (Å²) in [6.07, 6.45) is 0.145. The number of nitrogens with zero attached hydrogens (tertiary/aromatic N) is 3. The molecule has 7 rings (SSSR count). The lowest BCUT2D eigenvalue weighted by atomic mass is 9.72. The van der Waals surface area contributed by atoms with Crippen LogP contribution in [0.15, 0.2) is 111 Å². The number of β-amino-alcohol motifs (C(OH)–C–C–N with tert-alkyl or cyclic N) is 1. The minimum Gasteiger partial charge on any atom is -0.508 e. The number of benzene rings is 4. The number of aliphatic hydroxyl groups is 1. The topological polar surface area (TPSA) is 159 Å². The van der Waals surface area contributed by atoms with Gasteiger partial charge in [0.25, 0.3) is 5.91 Å². The molecule has 1 aliphatic carbocycles. The van der Waals surface area contributed by atoms with E-state index in [1.807, 2.05) is 51.1 Å². The van der Waals surface area contributed by atoms with Crippen molar-refractivity contribution in [3.63, 3.8) is 0 Å². The molecule has 4 N–H and O–H groups in total. The van der Waals surface area contributed by atoms with Gasteiger partial charge in [-0.15, -0.1) is 11.8 Å². The molecule has 5 aromatic rings. The van der Waals surface area contributed by atoms with E-state index in [1.54, 1.807) is 61.2 Å². The first kappa shape index (κ1) is 47.9. The second-order valence-electron chi connectivity index (χ2n) is 17.3. The van der Waals surface area contributed by atoms with E-state index >= 15 is 0 Å².